The Hall–Kier alpha value is -1.28. The van der Waals surface area contributed by atoms with E-state index in [4.69, 9.17) is 0 Å². The number of benzene rings is 1. The molecule has 0 atom stereocenters. The van der Waals surface area contributed by atoms with E-state index in [1.807, 2.05) is 0 Å². The average molecular weight is 443 g/mol. The van der Waals surface area contributed by atoms with E-state index in [0.29, 0.717) is 0 Å². The van der Waals surface area contributed by atoms with Gasteiger partial charge in [-0.05, 0) is 38.8 Å². The molecule has 2 aromatic rings. The summed E-state index contributed by atoms with van der Waals surface area (Å²) in [6.07, 6.45) is 3.06. The summed E-state index contributed by atoms with van der Waals surface area (Å²) in [5.74, 6) is 0.848. The van der Waals surface area contributed by atoms with Crippen LogP contribution >= 0.6 is 24.0 Å². The summed E-state index contributed by atoms with van der Waals surface area (Å²) in [7, 11) is 1.80. The number of para-hydroxylation sites is 1. The van der Waals surface area contributed by atoms with Crippen LogP contribution in [0.25, 0.3) is 10.9 Å². The van der Waals surface area contributed by atoms with Crippen LogP contribution in [0.4, 0.5) is 0 Å². The van der Waals surface area contributed by atoms with Crippen LogP contribution in [-0.2, 0) is 6.42 Å². The fourth-order valence-electron chi connectivity index (χ4n) is 2.49. The predicted molar refractivity (Wildman–Crippen MR) is 115 cm³/mol. The molecule has 2 rings (SSSR count). The maximum Gasteiger partial charge on any atom is 0.191 e. The highest BCUT2D eigenvalue weighted by molar-refractivity contribution is 14.0. The minimum Gasteiger partial charge on any atom is -0.361 e. The molecule has 6 heteroatoms. The van der Waals surface area contributed by atoms with Gasteiger partial charge in [0.25, 0.3) is 0 Å². The second-order valence-electron chi connectivity index (χ2n) is 6.71. The molecule has 0 unspecified atom stereocenters. The zero-order chi connectivity index (χ0) is 16.7. The zero-order valence-corrected chi connectivity index (χ0v) is 17.4. The summed E-state index contributed by atoms with van der Waals surface area (Å²) in [6.45, 7) is 9.12. The number of aromatic amines is 1. The van der Waals surface area contributed by atoms with E-state index in [1.165, 1.54) is 16.5 Å². The Labute approximate surface area is 162 Å². The van der Waals surface area contributed by atoms with Gasteiger partial charge in [-0.15, -0.1) is 24.0 Å². The van der Waals surface area contributed by atoms with E-state index in [-0.39, 0.29) is 29.5 Å². The van der Waals surface area contributed by atoms with Gasteiger partial charge in [0.1, 0.15) is 0 Å². The summed E-state index contributed by atoms with van der Waals surface area (Å²) in [5, 5.41) is 11.4. The Bertz CT molecular complexity index is 642. The van der Waals surface area contributed by atoms with Crippen molar-refractivity contribution in [1.29, 1.82) is 0 Å². The molecule has 0 saturated heterocycles. The highest BCUT2D eigenvalue weighted by Crippen LogP contribution is 2.17. The van der Waals surface area contributed by atoms with Gasteiger partial charge in [0.2, 0.25) is 0 Å². The van der Waals surface area contributed by atoms with E-state index in [2.05, 4.69) is 77.2 Å². The molecule has 1 aromatic heterocycles. The van der Waals surface area contributed by atoms with Gasteiger partial charge in [0.05, 0.1) is 0 Å². The Balaban J connectivity index is 0.00000288. The summed E-state index contributed by atoms with van der Waals surface area (Å²) in [4.78, 5) is 7.58. The monoisotopic (exact) mass is 443 g/mol. The van der Waals surface area contributed by atoms with Crippen molar-refractivity contribution in [1.82, 2.24) is 20.9 Å². The van der Waals surface area contributed by atoms with Gasteiger partial charge in [-0.25, -0.2) is 0 Å². The summed E-state index contributed by atoms with van der Waals surface area (Å²) in [5.41, 5.74) is 2.67. The molecule has 0 saturated carbocycles. The van der Waals surface area contributed by atoms with E-state index in [1.54, 1.807) is 7.05 Å². The smallest absolute Gasteiger partial charge is 0.191 e. The molecule has 0 aliphatic heterocycles. The molecule has 0 spiro atoms. The Kier molecular flexibility index (Phi) is 8.55. The normalized spacial score (nSPS) is 12.1. The summed E-state index contributed by atoms with van der Waals surface area (Å²) >= 11 is 0. The van der Waals surface area contributed by atoms with Crippen LogP contribution in [-0.4, -0.2) is 43.2 Å². The van der Waals surface area contributed by atoms with Crippen molar-refractivity contribution in [2.75, 3.05) is 26.7 Å². The zero-order valence-electron chi connectivity index (χ0n) is 15.1. The minimum atomic E-state index is 0. The molecule has 4 N–H and O–H groups in total. The molecule has 1 heterocycles. The van der Waals surface area contributed by atoms with E-state index in [0.717, 1.165) is 32.0 Å². The Morgan fingerprint density at radius 1 is 1.08 bits per heavy atom. The van der Waals surface area contributed by atoms with Crippen LogP contribution in [0.1, 0.15) is 26.3 Å². The van der Waals surface area contributed by atoms with Crippen molar-refractivity contribution in [3.8, 4) is 0 Å². The van der Waals surface area contributed by atoms with Gasteiger partial charge in [0, 0.05) is 49.3 Å². The fourth-order valence-corrected chi connectivity index (χ4v) is 2.49. The van der Waals surface area contributed by atoms with E-state index >= 15 is 0 Å². The van der Waals surface area contributed by atoms with Gasteiger partial charge in [0.15, 0.2) is 5.96 Å². The quantitative estimate of drug-likeness (QED) is 0.240. The van der Waals surface area contributed by atoms with Crippen LogP contribution < -0.4 is 16.0 Å². The second kappa shape index (κ2) is 9.88. The fraction of sp³-hybridized carbons (Fsp3) is 0.500. The molecule has 24 heavy (non-hydrogen) atoms. The van der Waals surface area contributed by atoms with Crippen LogP contribution in [0.15, 0.2) is 35.5 Å². The van der Waals surface area contributed by atoms with Crippen molar-refractivity contribution in [2.24, 2.45) is 4.99 Å². The maximum atomic E-state index is 4.26. The molecule has 0 aliphatic carbocycles. The molecule has 0 amide bonds. The molecule has 134 valence electrons. The van der Waals surface area contributed by atoms with Gasteiger partial charge in [-0.3, -0.25) is 4.99 Å². The number of nitrogens with one attached hydrogen (secondary N) is 4. The molecule has 0 aliphatic rings. The van der Waals surface area contributed by atoms with Crippen LogP contribution in [0.2, 0.25) is 0 Å². The third-order valence-electron chi connectivity index (χ3n) is 3.66. The standard InChI is InChI=1S/C18H29N5.HI/c1-18(2,3)23-12-11-21-17(19-4)20-10-9-14-13-22-16-8-6-5-7-15(14)16;/h5-8,13,22-23H,9-12H2,1-4H3,(H2,19,20,21);1H. The second-order valence-corrected chi connectivity index (χ2v) is 6.71. The van der Waals surface area contributed by atoms with E-state index < -0.39 is 0 Å². The topological polar surface area (TPSA) is 64.2 Å². The maximum absolute atomic E-state index is 4.26. The van der Waals surface area contributed by atoms with Gasteiger partial charge < -0.3 is 20.9 Å². The molecular weight excluding hydrogens is 413 g/mol. The van der Waals surface area contributed by atoms with Gasteiger partial charge in [-0.2, -0.15) is 0 Å². The number of rotatable bonds is 6. The largest absolute Gasteiger partial charge is 0.361 e. The SMILES string of the molecule is CN=C(NCCNC(C)(C)C)NCCc1c[nH]c2ccccc12.I. The number of fused-ring (bicyclic) bond motifs is 1. The number of aliphatic imine (C=N–C) groups is 1. The third kappa shape index (κ3) is 6.68. The Morgan fingerprint density at radius 3 is 2.50 bits per heavy atom. The lowest BCUT2D eigenvalue weighted by Crippen LogP contribution is -2.44. The molecule has 0 bridgehead atoms. The van der Waals surface area contributed by atoms with Crippen molar-refractivity contribution >= 4 is 40.8 Å². The summed E-state index contributed by atoms with van der Waals surface area (Å²) < 4.78 is 0. The van der Waals surface area contributed by atoms with Crippen molar-refractivity contribution in [2.45, 2.75) is 32.7 Å². The molecular formula is C18H30IN5. The number of aromatic nitrogens is 1. The number of halogens is 1. The van der Waals surface area contributed by atoms with Gasteiger partial charge in [-0.1, -0.05) is 18.2 Å². The average Bonchev–Trinajstić information content (AvgIpc) is 2.92. The first kappa shape index (κ1) is 20.8. The number of hydrogen-bond acceptors (Lipinski definition) is 2. The lowest BCUT2D eigenvalue weighted by atomic mass is 10.1. The molecule has 0 fully saturated rings. The van der Waals surface area contributed by atoms with Crippen molar-refractivity contribution < 1.29 is 0 Å². The first-order valence-corrected chi connectivity index (χ1v) is 8.24. The van der Waals surface area contributed by atoms with Crippen LogP contribution in [0.5, 0.6) is 0 Å². The van der Waals surface area contributed by atoms with Crippen molar-refractivity contribution in [3.05, 3.63) is 36.0 Å². The van der Waals surface area contributed by atoms with Crippen LogP contribution in [0.3, 0.4) is 0 Å². The predicted octanol–water partition coefficient (Wildman–Crippen LogP) is 2.88. The number of nitrogens with zero attached hydrogens (tertiary/aromatic N) is 1. The lowest BCUT2D eigenvalue weighted by Gasteiger charge is -2.21. The molecule has 5 nitrogen and oxygen atoms in total. The first-order chi connectivity index (χ1) is 11.0. The highest BCUT2D eigenvalue weighted by atomic mass is 127. The number of H-pyrrole nitrogens is 1. The van der Waals surface area contributed by atoms with E-state index in [9.17, 15) is 0 Å². The Morgan fingerprint density at radius 2 is 1.79 bits per heavy atom. The van der Waals surface area contributed by atoms with Crippen LogP contribution in [0, 0.1) is 0 Å². The van der Waals surface area contributed by atoms with Crippen molar-refractivity contribution in [3.63, 3.8) is 0 Å². The molecule has 0 radical (unpaired) electrons. The molecule has 1 aromatic carbocycles. The third-order valence-corrected chi connectivity index (χ3v) is 3.66. The number of hydrogen-bond donors (Lipinski definition) is 4. The van der Waals surface area contributed by atoms with Gasteiger partial charge >= 0.3 is 0 Å². The lowest BCUT2D eigenvalue weighted by molar-refractivity contribution is 0.428. The number of guanidine groups is 1. The highest BCUT2D eigenvalue weighted by Gasteiger charge is 2.07. The minimum absolute atomic E-state index is 0. The summed E-state index contributed by atoms with van der Waals surface area (Å²) in [6, 6.07) is 8.40. The first-order valence-electron chi connectivity index (χ1n) is 8.24.